The third-order valence-corrected chi connectivity index (χ3v) is 4.02. The normalized spacial score (nSPS) is 17.0. The molecular formula is C16H16FN3O4. The first-order valence-corrected chi connectivity index (χ1v) is 7.57. The molecule has 0 bridgehead atoms. The van der Waals surface area contributed by atoms with Gasteiger partial charge in [-0.15, -0.1) is 0 Å². The van der Waals surface area contributed by atoms with Crippen LogP contribution in [-0.4, -0.2) is 23.4 Å². The Morgan fingerprint density at radius 1 is 1.46 bits per heavy atom. The van der Waals surface area contributed by atoms with E-state index in [1.165, 1.54) is 6.26 Å². The zero-order valence-electron chi connectivity index (χ0n) is 12.8. The summed E-state index contributed by atoms with van der Waals surface area (Å²) in [6.45, 7) is 0.699. The molecule has 1 aromatic carbocycles. The molecule has 126 valence electrons. The number of furan rings is 1. The molecule has 1 saturated heterocycles. The maximum Gasteiger partial charge on any atom is 0.292 e. The number of nitro benzene ring substituents is 1. The van der Waals surface area contributed by atoms with E-state index in [0.717, 1.165) is 18.2 Å². The Balaban J connectivity index is 1.79. The van der Waals surface area contributed by atoms with E-state index in [2.05, 4.69) is 5.32 Å². The summed E-state index contributed by atoms with van der Waals surface area (Å²) in [6, 6.07) is 6.17. The summed E-state index contributed by atoms with van der Waals surface area (Å²) < 4.78 is 18.7. The molecule has 1 amide bonds. The van der Waals surface area contributed by atoms with Gasteiger partial charge >= 0.3 is 0 Å². The number of rotatable bonds is 5. The van der Waals surface area contributed by atoms with Crippen LogP contribution in [0.1, 0.15) is 18.6 Å². The first-order valence-electron chi connectivity index (χ1n) is 7.57. The van der Waals surface area contributed by atoms with E-state index in [1.54, 1.807) is 17.0 Å². The number of carbonyl (C=O) groups is 1. The minimum atomic E-state index is -0.572. The number of carbonyl (C=O) groups excluding carboxylic acids is 1. The van der Waals surface area contributed by atoms with Gasteiger partial charge in [-0.25, -0.2) is 4.39 Å². The zero-order chi connectivity index (χ0) is 17.1. The highest BCUT2D eigenvalue weighted by molar-refractivity contribution is 5.86. The van der Waals surface area contributed by atoms with Gasteiger partial charge in [-0.1, -0.05) is 0 Å². The number of nitro groups is 1. The summed E-state index contributed by atoms with van der Waals surface area (Å²) in [5.74, 6) is -0.218. The highest BCUT2D eigenvalue weighted by atomic mass is 19.1. The molecule has 1 aliphatic rings. The molecule has 1 N–H and O–H groups in total. The summed E-state index contributed by atoms with van der Waals surface area (Å²) in [6.07, 6.45) is 2.77. The van der Waals surface area contributed by atoms with Crippen molar-refractivity contribution in [1.29, 1.82) is 0 Å². The van der Waals surface area contributed by atoms with Crippen LogP contribution >= 0.6 is 0 Å². The molecule has 3 rings (SSSR count). The summed E-state index contributed by atoms with van der Waals surface area (Å²) >= 11 is 0. The standard InChI is InChI=1S/C16H16FN3O4/c17-11-5-6-13(20(22)23)15(9-11)19-7-1-4-14(19)16(21)18-10-12-3-2-8-24-12/h2-3,5-6,8-9,14H,1,4,7,10H2,(H,18,21). The molecule has 0 radical (unpaired) electrons. The molecule has 1 fully saturated rings. The Hall–Kier alpha value is -2.90. The molecular weight excluding hydrogens is 317 g/mol. The SMILES string of the molecule is O=C(NCc1ccco1)C1CCCN1c1cc(F)ccc1[N+](=O)[O-]. The van der Waals surface area contributed by atoms with Crippen molar-refractivity contribution in [3.05, 3.63) is 58.3 Å². The van der Waals surface area contributed by atoms with E-state index in [0.29, 0.717) is 25.1 Å². The average Bonchev–Trinajstić information content (AvgIpc) is 3.23. The van der Waals surface area contributed by atoms with Crippen LogP contribution in [0, 0.1) is 15.9 Å². The highest BCUT2D eigenvalue weighted by Gasteiger charge is 2.34. The van der Waals surface area contributed by atoms with Gasteiger partial charge in [0.2, 0.25) is 5.91 Å². The smallest absolute Gasteiger partial charge is 0.292 e. The summed E-state index contributed by atoms with van der Waals surface area (Å²) in [4.78, 5) is 24.7. The van der Waals surface area contributed by atoms with Crippen molar-refractivity contribution in [3.8, 4) is 0 Å². The first-order chi connectivity index (χ1) is 11.6. The number of amides is 1. The number of benzene rings is 1. The lowest BCUT2D eigenvalue weighted by Crippen LogP contribution is -2.43. The molecule has 8 heteroatoms. The van der Waals surface area contributed by atoms with Crippen LogP contribution in [0.4, 0.5) is 15.8 Å². The van der Waals surface area contributed by atoms with Gasteiger partial charge in [0.05, 0.1) is 17.7 Å². The number of nitrogens with one attached hydrogen (secondary N) is 1. The number of halogens is 1. The molecule has 1 aromatic heterocycles. The van der Waals surface area contributed by atoms with Gasteiger partial charge in [0.15, 0.2) is 0 Å². The molecule has 1 aliphatic heterocycles. The zero-order valence-corrected chi connectivity index (χ0v) is 12.8. The lowest BCUT2D eigenvalue weighted by atomic mass is 10.1. The Kier molecular flexibility index (Phi) is 4.45. The van der Waals surface area contributed by atoms with E-state index in [1.807, 2.05) is 0 Å². The van der Waals surface area contributed by atoms with Gasteiger partial charge < -0.3 is 14.6 Å². The summed E-state index contributed by atoms with van der Waals surface area (Å²) in [5, 5.41) is 13.9. The quantitative estimate of drug-likeness (QED) is 0.671. The molecule has 24 heavy (non-hydrogen) atoms. The number of hydrogen-bond donors (Lipinski definition) is 1. The second-order valence-electron chi connectivity index (χ2n) is 5.54. The Morgan fingerprint density at radius 2 is 2.29 bits per heavy atom. The lowest BCUT2D eigenvalue weighted by Gasteiger charge is -2.25. The maximum atomic E-state index is 13.6. The predicted molar refractivity (Wildman–Crippen MR) is 84.0 cm³/mol. The number of nitrogens with zero attached hydrogens (tertiary/aromatic N) is 2. The molecule has 0 aliphatic carbocycles. The molecule has 0 spiro atoms. The van der Waals surface area contributed by atoms with Crippen molar-refractivity contribution in [1.82, 2.24) is 5.32 Å². The van der Waals surface area contributed by atoms with E-state index < -0.39 is 16.8 Å². The van der Waals surface area contributed by atoms with Gasteiger partial charge in [-0.05, 0) is 31.0 Å². The summed E-state index contributed by atoms with van der Waals surface area (Å²) in [7, 11) is 0. The number of anilines is 1. The van der Waals surface area contributed by atoms with Gasteiger partial charge in [0.25, 0.3) is 5.69 Å². The van der Waals surface area contributed by atoms with Gasteiger partial charge in [-0.2, -0.15) is 0 Å². The van der Waals surface area contributed by atoms with Crippen LogP contribution in [0.15, 0.2) is 41.0 Å². The molecule has 1 atom stereocenters. The van der Waals surface area contributed by atoms with Gasteiger partial charge in [0.1, 0.15) is 23.3 Å². The Labute approximate surface area is 137 Å². The van der Waals surface area contributed by atoms with Gasteiger partial charge in [-0.3, -0.25) is 14.9 Å². The summed E-state index contributed by atoms with van der Waals surface area (Å²) in [5.41, 5.74) is -0.0715. The van der Waals surface area contributed by atoms with E-state index in [9.17, 15) is 19.3 Å². The Morgan fingerprint density at radius 3 is 3.00 bits per heavy atom. The second-order valence-corrected chi connectivity index (χ2v) is 5.54. The highest BCUT2D eigenvalue weighted by Crippen LogP contribution is 2.34. The topological polar surface area (TPSA) is 88.6 Å². The lowest BCUT2D eigenvalue weighted by molar-refractivity contribution is -0.384. The largest absolute Gasteiger partial charge is 0.467 e. The minimum absolute atomic E-state index is 0.135. The van der Waals surface area contributed by atoms with Crippen molar-refractivity contribution in [2.75, 3.05) is 11.4 Å². The maximum absolute atomic E-state index is 13.6. The third-order valence-electron chi connectivity index (χ3n) is 4.02. The van der Waals surface area contributed by atoms with Gasteiger partial charge in [0, 0.05) is 18.7 Å². The number of hydrogen-bond acceptors (Lipinski definition) is 5. The Bertz CT molecular complexity index is 748. The fourth-order valence-corrected chi connectivity index (χ4v) is 2.91. The predicted octanol–water partition coefficient (Wildman–Crippen LogP) is 2.61. The molecule has 0 saturated carbocycles. The second kappa shape index (κ2) is 6.69. The van der Waals surface area contributed by atoms with Crippen LogP contribution in [0.3, 0.4) is 0 Å². The minimum Gasteiger partial charge on any atom is -0.467 e. The molecule has 1 unspecified atom stereocenters. The third kappa shape index (κ3) is 3.22. The van der Waals surface area contributed by atoms with Crippen LogP contribution in [0.5, 0.6) is 0 Å². The molecule has 2 heterocycles. The van der Waals surface area contributed by atoms with Crippen molar-refractivity contribution < 1.29 is 18.5 Å². The van der Waals surface area contributed by atoms with Crippen molar-refractivity contribution in [2.45, 2.75) is 25.4 Å². The van der Waals surface area contributed by atoms with E-state index in [4.69, 9.17) is 4.42 Å². The van der Waals surface area contributed by atoms with Crippen molar-refractivity contribution in [3.63, 3.8) is 0 Å². The fourth-order valence-electron chi connectivity index (χ4n) is 2.91. The monoisotopic (exact) mass is 333 g/mol. The van der Waals surface area contributed by atoms with Crippen LogP contribution in [-0.2, 0) is 11.3 Å². The fraction of sp³-hybridized carbons (Fsp3) is 0.312. The molecule has 2 aromatic rings. The van der Waals surface area contributed by atoms with Crippen LogP contribution in [0.2, 0.25) is 0 Å². The van der Waals surface area contributed by atoms with Crippen LogP contribution in [0.25, 0.3) is 0 Å². The van der Waals surface area contributed by atoms with E-state index in [-0.39, 0.29) is 23.8 Å². The van der Waals surface area contributed by atoms with Crippen molar-refractivity contribution >= 4 is 17.3 Å². The average molecular weight is 333 g/mol. The first kappa shape index (κ1) is 16.0. The molecule has 7 nitrogen and oxygen atoms in total. The van der Waals surface area contributed by atoms with E-state index >= 15 is 0 Å². The van der Waals surface area contributed by atoms with Crippen molar-refractivity contribution in [2.24, 2.45) is 0 Å². The van der Waals surface area contributed by atoms with Crippen LogP contribution < -0.4 is 10.2 Å².